The summed E-state index contributed by atoms with van der Waals surface area (Å²) in [5.74, 6) is -1.64. The number of fused-ring (bicyclic) bond motifs is 3. The number of carbonyl (C=O) groups is 3. The first kappa shape index (κ1) is 23.8. The number of aliphatic carboxylic acids is 1. The SMILES string of the molecule is COCC(NC(=O)C1(C)CCCC1NC(=O)OCC1c2ccccc2-c2ccccc21)C(=O)O. The summed E-state index contributed by atoms with van der Waals surface area (Å²) in [6.45, 7) is 1.79. The highest BCUT2D eigenvalue weighted by Gasteiger charge is 2.47. The Labute approximate surface area is 198 Å². The molecule has 4 rings (SSSR count). The molecule has 0 radical (unpaired) electrons. The number of alkyl carbamates (subject to hydrolysis) is 1. The highest BCUT2D eigenvalue weighted by Crippen LogP contribution is 2.44. The number of ether oxygens (including phenoxy) is 2. The van der Waals surface area contributed by atoms with E-state index in [4.69, 9.17) is 9.47 Å². The van der Waals surface area contributed by atoms with Crippen LogP contribution in [0.2, 0.25) is 0 Å². The summed E-state index contributed by atoms with van der Waals surface area (Å²) in [5.41, 5.74) is 3.61. The van der Waals surface area contributed by atoms with Crippen molar-refractivity contribution in [3.63, 3.8) is 0 Å². The Hall–Kier alpha value is -3.39. The molecule has 0 aromatic heterocycles. The average Bonchev–Trinajstić information content (AvgIpc) is 3.36. The van der Waals surface area contributed by atoms with Gasteiger partial charge in [-0.1, -0.05) is 55.0 Å². The third-order valence-electron chi connectivity index (χ3n) is 7.05. The third-order valence-corrected chi connectivity index (χ3v) is 7.05. The molecule has 0 aliphatic heterocycles. The lowest BCUT2D eigenvalue weighted by Crippen LogP contribution is -2.55. The van der Waals surface area contributed by atoms with Gasteiger partial charge in [-0.3, -0.25) is 4.79 Å². The number of rotatable bonds is 8. The van der Waals surface area contributed by atoms with Gasteiger partial charge in [-0.05, 0) is 42.0 Å². The van der Waals surface area contributed by atoms with Crippen LogP contribution < -0.4 is 10.6 Å². The summed E-state index contributed by atoms with van der Waals surface area (Å²) in [5, 5.41) is 14.7. The normalized spacial score (nSPS) is 21.9. The molecule has 2 aromatic carbocycles. The van der Waals surface area contributed by atoms with Crippen molar-refractivity contribution >= 4 is 18.0 Å². The Bertz CT molecular complexity index is 1040. The van der Waals surface area contributed by atoms with Crippen molar-refractivity contribution in [2.45, 2.75) is 44.2 Å². The molecule has 0 saturated heterocycles. The lowest BCUT2D eigenvalue weighted by molar-refractivity contribution is -0.145. The quantitative estimate of drug-likeness (QED) is 0.550. The van der Waals surface area contributed by atoms with E-state index in [1.165, 1.54) is 7.11 Å². The Balaban J connectivity index is 1.40. The minimum absolute atomic E-state index is 0.0539. The van der Waals surface area contributed by atoms with Crippen LogP contribution in [0.1, 0.15) is 43.2 Å². The Morgan fingerprint density at radius 3 is 2.29 bits per heavy atom. The topological polar surface area (TPSA) is 114 Å². The van der Waals surface area contributed by atoms with Crippen LogP contribution in [0.25, 0.3) is 11.1 Å². The molecule has 3 atom stereocenters. The van der Waals surface area contributed by atoms with E-state index in [0.717, 1.165) is 28.7 Å². The summed E-state index contributed by atoms with van der Waals surface area (Å²) < 4.78 is 10.5. The zero-order valence-electron chi connectivity index (χ0n) is 19.4. The van der Waals surface area contributed by atoms with Crippen molar-refractivity contribution < 1.29 is 29.0 Å². The summed E-state index contributed by atoms with van der Waals surface area (Å²) >= 11 is 0. The van der Waals surface area contributed by atoms with Crippen LogP contribution in [0, 0.1) is 5.41 Å². The number of carbonyl (C=O) groups excluding carboxylic acids is 2. The highest BCUT2D eigenvalue weighted by molar-refractivity contribution is 5.88. The first-order chi connectivity index (χ1) is 16.3. The van der Waals surface area contributed by atoms with Crippen LogP contribution in [0.4, 0.5) is 4.79 Å². The Morgan fingerprint density at radius 2 is 1.71 bits per heavy atom. The van der Waals surface area contributed by atoms with Crippen LogP contribution in [0.5, 0.6) is 0 Å². The van der Waals surface area contributed by atoms with E-state index in [-0.39, 0.29) is 19.1 Å². The van der Waals surface area contributed by atoms with Crippen LogP contribution in [-0.2, 0) is 19.1 Å². The van der Waals surface area contributed by atoms with Gasteiger partial charge in [0.1, 0.15) is 6.61 Å². The van der Waals surface area contributed by atoms with Crippen molar-refractivity contribution in [3.8, 4) is 11.1 Å². The molecule has 1 fully saturated rings. The van der Waals surface area contributed by atoms with E-state index in [2.05, 4.69) is 34.9 Å². The second-order valence-corrected chi connectivity index (χ2v) is 9.15. The van der Waals surface area contributed by atoms with Gasteiger partial charge in [0.2, 0.25) is 5.91 Å². The maximum Gasteiger partial charge on any atom is 0.407 e. The van der Waals surface area contributed by atoms with Crippen LogP contribution in [0.15, 0.2) is 48.5 Å². The van der Waals surface area contributed by atoms with Crippen molar-refractivity contribution in [1.82, 2.24) is 10.6 Å². The monoisotopic (exact) mass is 466 g/mol. The highest BCUT2D eigenvalue weighted by atomic mass is 16.5. The fourth-order valence-corrected chi connectivity index (χ4v) is 5.12. The molecule has 0 heterocycles. The summed E-state index contributed by atoms with van der Waals surface area (Å²) in [7, 11) is 1.38. The van der Waals surface area contributed by atoms with Crippen LogP contribution in [-0.4, -0.2) is 55.5 Å². The maximum atomic E-state index is 13.0. The van der Waals surface area contributed by atoms with E-state index >= 15 is 0 Å². The van der Waals surface area contributed by atoms with Gasteiger partial charge in [0.25, 0.3) is 0 Å². The second kappa shape index (κ2) is 9.85. The maximum absolute atomic E-state index is 13.0. The zero-order chi connectivity index (χ0) is 24.3. The first-order valence-corrected chi connectivity index (χ1v) is 11.5. The molecule has 8 nitrogen and oxygen atoms in total. The second-order valence-electron chi connectivity index (χ2n) is 9.15. The van der Waals surface area contributed by atoms with Gasteiger partial charge in [0.05, 0.1) is 12.0 Å². The molecule has 2 aromatic rings. The summed E-state index contributed by atoms with van der Waals surface area (Å²) in [6.07, 6.45) is 1.29. The van der Waals surface area contributed by atoms with Gasteiger partial charge < -0.3 is 25.2 Å². The van der Waals surface area contributed by atoms with Crippen molar-refractivity contribution in [1.29, 1.82) is 0 Å². The standard InChI is InChI=1S/C26H30N2O6/c1-26(24(31)27-21(15-33-2)23(29)30)13-7-12-22(26)28-25(32)34-14-20-18-10-5-3-8-16(18)17-9-4-6-11-19(17)20/h3-6,8-11,20-22H,7,12-15H2,1-2H3,(H,27,31)(H,28,32)(H,29,30). The number of benzene rings is 2. The molecule has 2 aliphatic carbocycles. The fourth-order valence-electron chi connectivity index (χ4n) is 5.12. The van der Waals surface area contributed by atoms with E-state index in [9.17, 15) is 19.5 Å². The molecule has 2 amide bonds. The van der Waals surface area contributed by atoms with E-state index in [1.807, 2.05) is 24.3 Å². The molecule has 180 valence electrons. The Kier molecular flexibility index (Phi) is 6.88. The van der Waals surface area contributed by atoms with Gasteiger partial charge in [0.15, 0.2) is 6.04 Å². The molecule has 2 aliphatic rings. The molecule has 0 spiro atoms. The van der Waals surface area contributed by atoms with Gasteiger partial charge >= 0.3 is 12.1 Å². The van der Waals surface area contributed by atoms with Gasteiger partial charge in [-0.2, -0.15) is 0 Å². The number of amides is 2. The number of nitrogens with one attached hydrogen (secondary N) is 2. The van der Waals surface area contributed by atoms with Gasteiger partial charge in [-0.15, -0.1) is 0 Å². The predicted molar refractivity (Wildman–Crippen MR) is 125 cm³/mol. The molecular formula is C26H30N2O6. The fraction of sp³-hybridized carbons (Fsp3) is 0.423. The first-order valence-electron chi connectivity index (χ1n) is 11.5. The van der Waals surface area contributed by atoms with E-state index in [1.54, 1.807) is 6.92 Å². The zero-order valence-corrected chi connectivity index (χ0v) is 19.4. The van der Waals surface area contributed by atoms with Crippen LogP contribution in [0.3, 0.4) is 0 Å². The van der Waals surface area contributed by atoms with Crippen molar-refractivity contribution in [2.75, 3.05) is 20.3 Å². The minimum Gasteiger partial charge on any atom is -0.480 e. The molecular weight excluding hydrogens is 436 g/mol. The van der Waals surface area contributed by atoms with E-state index < -0.39 is 35.5 Å². The molecule has 3 N–H and O–H groups in total. The van der Waals surface area contributed by atoms with Crippen molar-refractivity contribution in [3.05, 3.63) is 59.7 Å². The largest absolute Gasteiger partial charge is 0.480 e. The molecule has 1 saturated carbocycles. The van der Waals surface area contributed by atoms with Crippen molar-refractivity contribution in [2.24, 2.45) is 5.41 Å². The number of hydrogen-bond donors (Lipinski definition) is 3. The number of carboxylic acid groups (broad SMARTS) is 1. The van der Waals surface area contributed by atoms with E-state index in [0.29, 0.717) is 12.8 Å². The number of methoxy groups -OCH3 is 1. The van der Waals surface area contributed by atoms with Gasteiger partial charge in [0, 0.05) is 19.1 Å². The molecule has 34 heavy (non-hydrogen) atoms. The molecule has 3 unspecified atom stereocenters. The lowest BCUT2D eigenvalue weighted by atomic mass is 9.83. The lowest BCUT2D eigenvalue weighted by Gasteiger charge is -2.31. The Morgan fingerprint density at radius 1 is 1.09 bits per heavy atom. The smallest absolute Gasteiger partial charge is 0.407 e. The predicted octanol–water partition coefficient (Wildman–Crippen LogP) is 3.30. The average molecular weight is 467 g/mol. The third kappa shape index (κ3) is 4.50. The minimum atomic E-state index is -1.17. The van der Waals surface area contributed by atoms with Gasteiger partial charge in [-0.25, -0.2) is 9.59 Å². The number of carboxylic acids is 1. The summed E-state index contributed by atoms with van der Waals surface area (Å²) in [6, 6.07) is 14.6. The molecule has 0 bridgehead atoms. The van der Waals surface area contributed by atoms with Crippen LogP contribution >= 0.6 is 0 Å². The molecule has 8 heteroatoms. The summed E-state index contributed by atoms with van der Waals surface area (Å²) in [4.78, 5) is 37.1. The number of hydrogen-bond acceptors (Lipinski definition) is 5.